The number of hydrogen-bond donors (Lipinski definition) is 1. The van der Waals surface area contributed by atoms with Crippen molar-refractivity contribution in [3.63, 3.8) is 0 Å². The van der Waals surface area contributed by atoms with Crippen LogP contribution in [-0.4, -0.2) is 26.2 Å². The molecule has 0 aromatic heterocycles. The largest absolute Gasteiger partial charge is 0.497 e. The van der Waals surface area contributed by atoms with Crippen molar-refractivity contribution in [3.8, 4) is 17.6 Å². The predicted octanol–water partition coefficient (Wildman–Crippen LogP) is 3.95. The van der Waals surface area contributed by atoms with Gasteiger partial charge in [0.2, 0.25) is 0 Å². The quantitative estimate of drug-likeness (QED) is 0.387. The van der Waals surface area contributed by atoms with Crippen molar-refractivity contribution in [2.75, 3.05) is 20.3 Å². The van der Waals surface area contributed by atoms with Crippen molar-refractivity contribution in [2.24, 2.45) is 0 Å². The highest BCUT2D eigenvalue weighted by Crippen LogP contribution is 2.24. The molecule has 0 aliphatic carbocycles. The summed E-state index contributed by atoms with van der Waals surface area (Å²) >= 11 is 0. The number of carbonyl (C=O) groups excluding carboxylic acids is 1. The highest BCUT2D eigenvalue weighted by atomic mass is 16.5. The number of methoxy groups -OCH3 is 1. The maximum Gasteiger partial charge on any atom is 0.262 e. The molecule has 3 rings (SSSR count). The highest BCUT2D eigenvalue weighted by Gasteiger charge is 2.09. The topological polar surface area (TPSA) is 71.3 Å². The van der Waals surface area contributed by atoms with Gasteiger partial charge in [0.05, 0.1) is 13.7 Å². The van der Waals surface area contributed by atoms with E-state index < -0.39 is 5.91 Å². The Bertz CT molecular complexity index is 1030. The van der Waals surface area contributed by atoms with Crippen molar-refractivity contribution in [1.82, 2.24) is 5.32 Å². The first-order valence-electron chi connectivity index (χ1n) is 8.86. The van der Waals surface area contributed by atoms with E-state index in [1.165, 1.54) is 0 Å². The first-order valence-corrected chi connectivity index (χ1v) is 8.86. The molecule has 3 aromatic carbocycles. The summed E-state index contributed by atoms with van der Waals surface area (Å²) < 4.78 is 10.9. The number of nitrogens with zero attached hydrogens (tertiary/aromatic N) is 1. The van der Waals surface area contributed by atoms with Crippen LogP contribution in [0.25, 0.3) is 16.8 Å². The molecule has 1 N–H and O–H groups in total. The maximum absolute atomic E-state index is 12.2. The van der Waals surface area contributed by atoms with Gasteiger partial charge in [0.1, 0.15) is 29.7 Å². The average molecular weight is 372 g/mol. The van der Waals surface area contributed by atoms with Crippen molar-refractivity contribution < 1.29 is 14.3 Å². The van der Waals surface area contributed by atoms with E-state index in [0.717, 1.165) is 22.1 Å². The molecule has 28 heavy (non-hydrogen) atoms. The molecular formula is C23H20N2O3. The van der Waals surface area contributed by atoms with Gasteiger partial charge >= 0.3 is 0 Å². The number of hydrogen-bond acceptors (Lipinski definition) is 4. The number of nitrogens with one attached hydrogen (secondary N) is 1. The molecule has 0 spiro atoms. The number of ether oxygens (including phenoxy) is 2. The zero-order chi connectivity index (χ0) is 19.8. The predicted molar refractivity (Wildman–Crippen MR) is 109 cm³/mol. The lowest BCUT2D eigenvalue weighted by Gasteiger charge is -2.10. The number of amides is 1. The monoisotopic (exact) mass is 372 g/mol. The van der Waals surface area contributed by atoms with Crippen molar-refractivity contribution >= 4 is 22.8 Å². The molecule has 1 amide bonds. The van der Waals surface area contributed by atoms with Crippen molar-refractivity contribution in [3.05, 3.63) is 77.9 Å². The Kier molecular flexibility index (Phi) is 6.27. The van der Waals surface area contributed by atoms with E-state index in [2.05, 4.69) is 5.32 Å². The van der Waals surface area contributed by atoms with E-state index in [-0.39, 0.29) is 5.57 Å². The fourth-order valence-corrected chi connectivity index (χ4v) is 2.76. The van der Waals surface area contributed by atoms with Crippen LogP contribution in [0, 0.1) is 11.3 Å². The van der Waals surface area contributed by atoms with Gasteiger partial charge in [-0.15, -0.1) is 0 Å². The molecule has 0 atom stereocenters. The third kappa shape index (κ3) is 4.68. The molecular weight excluding hydrogens is 352 g/mol. The van der Waals surface area contributed by atoms with Crippen LogP contribution in [0.4, 0.5) is 0 Å². The third-order valence-corrected chi connectivity index (χ3v) is 4.19. The summed E-state index contributed by atoms with van der Waals surface area (Å²) in [5, 5.41) is 14.1. The summed E-state index contributed by atoms with van der Waals surface area (Å²) in [4.78, 5) is 12.2. The average Bonchev–Trinajstić information content (AvgIpc) is 2.75. The molecule has 5 heteroatoms. The molecule has 5 nitrogen and oxygen atoms in total. The van der Waals surface area contributed by atoms with E-state index in [9.17, 15) is 10.1 Å². The highest BCUT2D eigenvalue weighted by molar-refractivity contribution is 6.01. The molecule has 140 valence electrons. The van der Waals surface area contributed by atoms with Crippen LogP contribution in [0.5, 0.6) is 11.5 Å². The zero-order valence-corrected chi connectivity index (χ0v) is 15.5. The fraction of sp³-hybridized carbons (Fsp3) is 0.130. The van der Waals surface area contributed by atoms with Gasteiger partial charge in [0, 0.05) is 5.39 Å². The number of nitriles is 1. The lowest BCUT2D eigenvalue weighted by atomic mass is 10.1. The van der Waals surface area contributed by atoms with Gasteiger partial charge in [-0.3, -0.25) is 4.79 Å². The van der Waals surface area contributed by atoms with E-state index in [4.69, 9.17) is 9.47 Å². The summed E-state index contributed by atoms with van der Waals surface area (Å²) in [6.07, 6.45) is 1.54. The van der Waals surface area contributed by atoms with Crippen LogP contribution in [0.15, 0.2) is 72.3 Å². The van der Waals surface area contributed by atoms with E-state index in [1.807, 2.05) is 48.5 Å². The molecule has 0 heterocycles. The number of rotatable bonds is 7. The van der Waals surface area contributed by atoms with Crippen molar-refractivity contribution in [1.29, 1.82) is 5.26 Å². The molecule has 0 saturated heterocycles. The normalized spacial score (nSPS) is 10.9. The Labute approximate surface area is 163 Å². The van der Waals surface area contributed by atoms with Gasteiger partial charge in [-0.05, 0) is 35.2 Å². The Balaban J connectivity index is 1.56. The summed E-state index contributed by atoms with van der Waals surface area (Å²) in [5.41, 5.74) is 0.787. The first-order chi connectivity index (χ1) is 13.7. The standard InChI is InChI=1S/C23H20N2O3/c1-27-20-11-9-17(10-12-20)15-19(16-24)23(26)25-13-14-28-22-8-4-6-18-5-2-3-7-21(18)22/h2-12,15H,13-14H2,1H3,(H,25,26)/b19-15+. The van der Waals surface area contributed by atoms with E-state index in [1.54, 1.807) is 37.5 Å². The van der Waals surface area contributed by atoms with Crippen LogP contribution in [0.1, 0.15) is 5.56 Å². The first kappa shape index (κ1) is 19.0. The van der Waals surface area contributed by atoms with E-state index in [0.29, 0.717) is 18.9 Å². The molecule has 0 aliphatic rings. The van der Waals surface area contributed by atoms with Gasteiger partial charge in [-0.2, -0.15) is 5.26 Å². The smallest absolute Gasteiger partial charge is 0.262 e. The molecule has 0 aliphatic heterocycles. The lowest BCUT2D eigenvalue weighted by Crippen LogP contribution is -2.29. The zero-order valence-electron chi connectivity index (χ0n) is 15.5. The number of fused-ring (bicyclic) bond motifs is 1. The minimum Gasteiger partial charge on any atom is -0.497 e. The second kappa shape index (κ2) is 9.24. The second-order valence-electron chi connectivity index (χ2n) is 6.02. The molecule has 0 fully saturated rings. The second-order valence-corrected chi connectivity index (χ2v) is 6.02. The molecule has 0 radical (unpaired) electrons. The van der Waals surface area contributed by atoms with Gasteiger partial charge in [0.25, 0.3) is 5.91 Å². The van der Waals surface area contributed by atoms with Crippen LogP contribution in [-0.2, 0) is 4.79 Å². The molecule has 0 unspecified atom stereocenters. The van der Waals surface area contributed by atoms with Gasteiger partial charge in [-0.25, -0.2) is 0 Å². The summed E-state index contributed by atoms with van der Waals surface area (Å²) in [6, 6.07) is 22.9. The van der Waals surface area contributed by atoms with Gasteiger partial charge in [0.15, 0.2) is 0 Å². The SMILES string of the molecule is COc1ccc(/C=C(\C#N)C(=O)NCCOc2cccc3ccccc23)cc1. The lowest BCUT2D eigenvalue weighted by molar-refractivity contribution is -0.117. The van der Waals surface area contributed by atoms with Crippen LogP contribution in [0.2, 0.25) is 0 Å². The maximum atomic E-state index is 12.2. The summed E-state index contributed by atoms with van der Waals surface area (Å²) in [5.74, 6) is 1.05. The fourth-order valence-electron chi connectivity index (χ4n) is 2.76. The molecule has 0 saturated carbocycles. The van der Waals surface area contributed by atoms with Crippen LogP contribution in [0.3, 0.4) is 0 Å². The summed E-state index contributed by atoms with van der Waals surface area (Å²) in [6.45, 7) is 0.602. The van der Waals surface area contributed by atoms with Gasteiger partial charge < -0.3 is 14.8 Å². The Morgan fingerprint density at radius 2 is 1.82 bits per heavy atom. The third-order valence-electron chi connectivity index (χ3n) is 4.19. The van der Waals surface area contributed by atoms with Gasteiger partial charge in [-0.1, -0.05) is 48.5 Å². The van der Waals surface area contributed by atoms with Crippen LogP contribution < -0.4 is 14.8 Å². The number of benzene rings is 3. The minimum absolute atomic E-state index is 0.0373. The summed E-state index contributed by atoms with van der Waals surface area (Å²) in [7, 11) is 1.58. The van der Waals surface area contributed by atoms with Crippen LogP contribution >= 0.6 is 0 Å². The molecule has 0 bridgehead atoms. The Morgan fingerprint density at radius 3 is 2.57 bits per heavy atom. The number of carbonyl (C=O) groups is 1. The van der Waals surface area contributed by atoms with Crippen molar-refractivity contribution in [2.45, 2.75) is 0 Å². The Morgan fingerprint density at radius 1 is 1.07 bits per heavy atom. The minimum atomic E-state index is -0.431. The van der Waals surface area contributed by atoms with E-state index >= 15 is 0 Å². The molecule has 3 aromatic rings. The Hall–Kier alpha value is -3.78.